The predicted octanol–water partition coefficient (Wildman–Crippen LogP) is 3.79. The highest BCUT2D eigenvalue weighted by molar-refractivity contribution is 5.44. The molecular weight excluding hydrogens is 262 g/mol. The zero-order valence-electron chi connectivity index (χ0n) is 13.4. The van der Waals surface area contributed by atoms with Gasteiger partial charge in [-0.3, -0.25) is 0 Å². The minimum absolute atomic E-state index is 0.414. The van der Waals surface area contributed by atoms with Crippen molar-refractivity contribution in [2.45, 2.75) is 39.2 Å². The normalized spacial score (nSPS) is 30.0. The van der Waals surface area contributed by atoms with E-state index in [0.29, 0.717) is 12.0 Å². The van der Waals surface area contributed by atoms with Gasteiger partial charge in [0.25, 0.3) is 0 Å². The van der Waals surface area contributed by atoms with Gasteiger partial charge in [-0.15, -0.1) is 0 Å². The molecule has 0 aromatic heterocycles. The van der Waals surface area contributed by atoms with Crippen molar-refractivity contribution >= 4 is 0 Å². The zero-order valence-corrected chi connectivity index (χ0v) is 13.4. The van der Waals surface area contributed by atoms with Crippen molar-refractivity contribution < 1.29 is 9.47 Å². The van der Waals surface area contributed by atoms with Crippen LogP contribution in [0.15, 0.2) is 18.2 Å². The Hall–Kier alpha value is -1.22. The Morgan fingerprint density at radius 1 is 1.10 bits per heavy atom. The summed E-state index contributed by atoms with van der Waals surface area (Å²) in [6.45, 7) is 6.01. The van der Waals surface area contributed by atoms with Crippen LogP contribution in [-0.4, -0.2) is 20.3 Å². The lowest BCUT2D eigenvalue weighted by atomic mass is 9.86. The molecule has 4 unspecified atom stereocenters. The maximum Gasteiger partial charge on any atom is 0.161 e. The van der Waals surface area contributed by atoms with Gasteiger partial charge < -0.3 is 14.8 Å². The molecular formula is C18H27NO2. The third kappa shape index (κ3) is 3.03. The highest BCUT2D eigenvalue weighted by atomic mass is 16.5. The third-order valence-corrected chi connectivity index (χ3v) is 5.04. The highest BCUT2D eigenvalue weighted by Gasteiger charge is 2.31. The van der Waals surface area contributed by atoms with Crippen LogP contribution in [0.3, 0.4) is 0 Å². The van der Waals surface area contributed by atoms with Crippen LogP contribution >= 0.6 is 0 Å². The first-order chi connectivity index (χ1) is 10.2. The second-order valence-electron chi connectivity index (χ2n) is 6.77. The molecule has 3 rings (SSSR count). The molecule has 1 heterocycles. The largest absolute Gasteiger partial charge is 0.489 e. The maximum absolute atomic E-state index is 5.93. The molecule has 1 aromatic carbocycles. The monoisotopic (exact) mass is 289 g/mol. The first-order valence-corrected chi connectivity index (χ1v) is 8.26. The van der Waals surface area contributed by atoms with E-state index in [4.69, 9.17) is 9.47 Å². The van der Waals surface area contributed by atoms with Crippen molar-refractivity contribution in [3.05, 3.63) is 23.8 Å². The number of ether oxygens (including phenoxy) is 2. The Morgan fingerprint density at radius 2 is 1.86 bits per heavy atom. The molecule has 0 bridgehead atoms. The van der Waals surface area contributed by atoms with Gasteiger partial charge in [-0.1, -0.05) is 32.8 Å². The van der Waals surface area contributed by atoms with Gasteiger partial charge in [0.15, 0.2) is 11.5 Å². The average molecular weight is 289 g/mol. The number of nitrogens with one attached hydrogen (secondary N) is 1. The Morgan fingerprint density at radius 3 is 2.52 bits per heavy atom. The molecule has 0 spiro atoms. The molecule has 1 aliphatic heterocycles. The smallest absolute Gasteiger partial charge is 0.161 e. The fourth-order valence-corrected chi connectivity index (χ4v) is 3.76. The molecule has 3 heteroatoms. The summed E-state index contributed by atoms with van der Waals surface area (Å²) in [4.78, 5) is 0. The van der Waals surface area contributed by atoms with Crippen LogP contribution in [-0.2, 0) is 0 Å². The summed E-state index contributed by atoms with van der Waals surface area (Å²) in [6, 6.07) is 6.87. The fourth-order valence-electron chi connectivity index (χ4n) is 3.76. The number of fused-ring (bicyclic) bond motifs is 1. The first-order valence-electron chi connectivity index (χ1n) is 8.26. The van der Waals surface area contributed by atoms with Crippen molar-refractivity contribution in [2.75, 3.05) is 20.3 Å². The van der Waals surface area contributed by atoms with Crippen molar-refractivity contribution in [1.29, 1.82) is 0 Å². The molecule has 1 aromatic rings. The fraction of sp³-hybridized carbons (Fsp3) is 0.667. The summed E-state index contributed by atoms with van der Waals surface area (Å²) in [5.74, 6) is 3.74. The van der Waals surface area contributed by atoms with E-state index in [2.05, 4.69) is 44.4 Å². The van der Waals surface area contributed by atoms with Crippen LogP contribution in [0.2, 0.25) is 0 Å². The molecule has 1 N–H and O–H groups in total. The topological polar surface area (TPSA) is 30.5 Å². The van der Waals surface area contributed by atoms with Crippen molar-refractivity contribution in [3.63, 3.8) is 0 Å². The minimum atomic E-state index is 0.414. The predicted molar refractivity (Wildman–Crippen MR) is 84.9 cm³/mol. The quantitative estimate of drug-likeness (QED) is 0.918. The first kappa shape index (κ1) is 14.7. The zero-order chi connectivity index (χ0) is 14.8. The summed E-state index contributed by atoms with van der Waals surface area (Å²) in [5, 5.41) is 3.53. The van der Waals surface area contributed by atoms with E-state index >= 15 is 0 Å². The van der Waals surface area contributed by atoms with Gasteiger partial charge in [0.2, 0.25) is 0 Å². The van der Waals surface area contributed by atoms with Gasteiger partial charge in [-0.05, 0) is 43.0 Å². The van der Waals surface area contributed by atoms with Crippen molar-refractivity contribution in [1.82, 2.24) is 5.32 Å². The van der Waals surface area contributed by atoms with Crippen LogP contribution in [0, 0.1) is 17.8 Å². The van der Waals surface area contributed by atoms with Gasteiger partial charge in [-0.2, -0.15) is 0 Å². The van der Waals surface area contributed by atoms with Gasteiger partial charge in [0.1, 0.15) is 0 Å². The summed E-state index contributed by atoms with van der Waals surface area (Å²) < 4.78 is 11.8. The SMILES string of the molecule is CNC(c1ccc2c(c1)OCC(C)CO2)C1CCCC1C. The van der Waals surface area contributed by atoms with Gasteiger partial charge >= 0.3 is 0 Å². The van der Waals surface area contributed by atoms with Gasteiger partial charge in [0, 0.05) is 12.0 Å². The molecule has 0 radical (unpaired) electrons. The number of rotatable bonds is 3. The van der Waals surface area contributed by atoms with Gasteiger partial charge in [0.05, 0.1) is 13.2 Å². The van der Waals surface area contributed by atoms with E-state index < -0.39 is 0 Å². The summed E-state index contributed by atoms with van der Waals surface area (Å²) in [6.07, 6.45) is 4.02. The van der Waals surface area contributed by atoms with E-state index in [0.717, 1.165) is 36.5 Å². The molecule has 0 amide bonds. The maximum atomic E-state index is 5.93. The lowest BCUT2D eigenvalue weighted by molar-refractivity contribution is 0.228. The Kier molecular flexibility index (Phi) is 4.39. The Bertz CT molecular complexity index is 488. The van der Waals surface area contributed by atoms with Crippen LogP contribution in [0.4, 0.5) is 0 Å². The van der Waals surface area contributed by atoms with Gasteiger partial charge in [-0.25, -0.2) is 0 Å². The summed E-state index contributed by atoms with van der Waals surface area (Å²) >= 11 is 0. The number of benzene rings is 1. The number of hydrogen-bond acceptors (Lipinski definition) is 3. The summed E-state index contributed by atoms with van der Waals surface area (Å²) in [7, 11) is 2.07. The lowest BCUT2D eigenvalue weighted by Gasteiger charge is -2.27. The second kappa shape index (κ2) is 6.27. The average Bonchev–Trinajstić information content (AvgIpc) is 2.81. The Balaban J connectivity index is 1.85. The molecule has 1 aliphatic carbocycles. The standard InChI is InChI=1S/C18H27NO2/c1-12-10-20-16-8-7-14(9-17(16)21-11-12)18(19-3)15-6-4-5-13(15)2/h7-9,12-13,15,18-19H,4-6,10-11H2,1-3H3. The molecule has 2 aliphatic rings. The van der Waals surface area contributed by atoms with Crippen LogP contribution in [0.1, 0.15) is 44.7 Å². The molecule has 116 valence electrons. The molecule has 0 saturated heterocycles. The Labute approximate surface area is 128 Å². The van der Waals surface area contributed by atoms with E-state index in [1.807, 2.05) is 0 Å². The second-order valence-corrected chi connectivity index (χ2v) is 6.77. The minimum Gasteiger partial charge on any atom is -0.489 e. The van der Waals surface area contributed by atoms with E-state index in [-0.39, 0.29) is 0 Å². The number of hydrogen-bond donors (Lipinski definition) is 1. The van der Waals surface area contributed by atoms with Crippen molar-refractivity contribution in [3.8, 4) is 11.5 Å². The molecule has 4 atom stereocenters. The highest BCUT2D eigenvalue weighted by Crippen LogP contribution is 2.42. The molecule has 1 fully saturated rings. The molecule has 21 heavy (non-hydrogen) atoms. The van der Waals surface area contributed by atoms with Crippen LogP contribution in [0.25, 0.3) is 0 Å². The summed E-state index contributed by atoms with van der Waals surface area (Å²) in [5.41, 5.74) is 1.33. The van der Waals surface area contributed by atoms with Crippen LogP contribution in [0.5, 0.6) is 11.5 Å². The van der Waals surface area contributed by atoms with E-state index in [1.54, 1.807) is 0 Å². The lowest BCUT2D eigenvalue weighted by Crippen LogP contribution is -2.26. The van der Waals surface area contributed by atoms with Crippen molar-refractivity contribution in [2.24, 2.45) is 17.8 Å². The molecule has 1 saturated carbocycles. The third-order valence-electron chi connectivity index (χ3n) is 5.04. The van der Waals surface area contributed by atoms with E-state index in [9.17, 15) is 0 Å². The molecule has 3 nitrogen and oxygen atoms in total. The van der Waals surface area contributed by atoms with Crippen LogP contribution < -0.4 is 14.8 Å². The van der Waals surface area contributed by atoms with E-state index in [1.165, 1.54) is 24.8 Å².